The van der Waals surface area contributed by atoms with Gasteiger partial charge in [-0.05, 0) is 47.7 Å². The van der Waals surface area contributed by atoms with Gasteiger partial charge >= 0.3 is 0 Å². The van der Waals surface area contributed by atoms with E-state index in [-0.39, 0.29) is 0 Å². The fourth-order valence-electron chi connectivity index (χ4n) is 3.80. The standard InChI is InChI=1S/C22H23NO/c24-22-13-12-17-8-2-4-10-19(17)20(22)16-18-9-3-5-11-21(18)23-14-6-1-7-15-23/h2-5,8-13,24H,1,6-7,14-16H2. The first-order valence-corrected chi connectivity index (χ1v) is 8.85. The predicted molar refractivity (Wildman–Crippen MR) is 101 cm³/mol. The molecule has 0 amide bonds. The lowest BCUT2D eigenvalue weighted by Gasteiger charge is -2.30. The van der Waals surface area contributed by atoms with Crippen molar-refractivity contribution in [1.82, 2.24) is 0 Å². The molecule has 3 aromatic rings. The summed E-state index contributed by atoms with van der Waals surface area (Å²) in [5, 5.41) is 12.8. The zero-order valence-electron chi connectivity index (χ0n) is 13.9. The van der Waals surface area contributed by atoms with Gasteiger partial charge in [0.2, 0.25) is 0 Å². The Bertz CT molecular complexity index is 849. The number of hydrogen-bond acceptors (Lipinski definition) is 2. The third-order valence-corrected chi connectivity index (χ3v) is 5.07. The minimum Gasteiger partial charge on any atom is -0.508 e. The van der Waals surface area contributed by atoms with E-state index < -0.39 is 0 Å². The molecule has 0 atom stereocenters. The Morgan fingerprint density at radius 1 is 0.792 bits per heavy atom. The van der Waals surface area contributed by atoms with Gasteiger partial charge in [0.25, 0.3) is 0 Å². The normalized spacial score (nSPS) is 14.9. The van der Waals surface area contributed by atoms with Crippen molar-refractivity contribution in [3.63, 3.8) is 0 Å². The number of fused-ring (bicyclic) bond motifs is 1. The van der Waals surface area contributed by atoms with Gasteiger partial charge in [-0.1, -0.05) is 48.5 Å². The summed E-state index contributed by atoms with van der Waals surface area (Å²) in [5.74, 6) is 0.391. The second-order valence-corrected chi connectivity index (χ2v) is 6.64. The third-order valence-electron chi connectivity index (χ3n) is 5.07. The molecule has 1 heterocycles. The molecule has 0 aromatic heterocycles. The van der Waals surface area contributed by atoms with Crippen molar-refractivity contribution in [2.24, 2.45) is 0 Å². The molecule has 0 saturated carbocycles. The number of hydrogen-bond donors (Lipinski definition) is 1. The second-order valence-electron chi connectivity index (χ2n) is 6.64. The Kier molecular flexibility index (Phi) is 4.12. The predicted octanol–water partition coefficient (Wildman–Crippen LogP) is 5.13. The zero-order chi connectivity index (χ0) is 16.4. The minimum absolute atomic E-state index is 0.391. The van der Waals surface area contributed by atoms with E-state index >= 15 is 0 Å². The van der Waals surface area contributed by atoms with Crippen LogP contribution >= 0.6 is 0 Å². The minimum atomic E-state index is 0.391. The molecule has 2 heteroatoms. The van der Waals surface area contributed by atoms with Crippen LogP contribution in [-0.4, -0.2) is 18.2 Å². The fraction of sp³-hybridized carbons (Fsp3) is 0.273. The van der Waals surface area contributed by atoms with Gasteiger partial charge in [0, 0.05) is 30.8 Å². The van der Waals surface area contributed by atoms with Gasteiger partial charge in [-0.3, -0.25) is 0 Å². The number of phenols is 1. The van der Waals surface area contributed by atoms with Crippen molar-refractivity contribution >= 4 is 16.5 Å². The molecule has 4 rings (SSSR count). The lowest BCUT2D eigenvalue weighted by atomic mass is 9.96. The summed E-state index contributed by atoms with van der Waals surface area (Å²) >= 11 is 0. The largest absolute Gasteiger partial charge is 0.508 e. The van der Waals surface area contributed by atoms with Crippen molar-refractivity contribution in [2.45, 2.75) is 25.7 Å². The van der Waals surface area contributed by atoms with Crippen LogP contribution in [0, 0.1) is 0 Å². The zero-order valence-corrected chi connectivity index (χ0v) is 13.9. The Morgan fingerprint density at radius 3 is 2.42 bits per heavy atom. The average Bonchev–Trinajstić information content (AvgIpc) is 2.65. The van der Waals surface area contributed by atoms with Gasteiger partial charge in [0.1, 0.15) is 5.75 Å². The molecule has 24 heavy (non-hydrogen) atoms. The van der Waals surface area contributed by atoms with E-state index in [0.29, 0.717) is 5.75 Å². The Balaban J connectivity index is 1.75. The summed E-state index contributed by atoms with van der Waals surface area (Å²) in [5.41, 5.74) is 3.65. The van der Waals surface area contributed by atoms with Crippen molar-refractivity contribution < 1.29 is 5.11 Å². The summed E-state index contributed by atoms with van der Waals surface area (Å²) in [6, 6.07) is 20.8. The van der Waals surface area contributed by atoms with Crippen LogP contribution in [-0.2, 0) is 6.42 Å². The number of piperidine rings is 1. The first-order valence-electron chi connectivity index (χ1n) is 8.85. The molecule has 3 aromatic carbocycles. The molecule has 0 aliphatic carbocycles. The van der Waals surface area contributed by atoms with E-state index in [1.807, 2.05) is 24.3 Å². The summed E-state index contributed by atoms with van der Waals surface area (Å²) in [7, 11) is 0. The van der Waals surface area contributed by atoms with Crippen LogP contribution in [0.3, 0.4) is 0 Å². The lowest BCUT2D eigenvalue weighted by molar-refractivity contribution is 0.470. The van der Waals surface area contributed by atoms with Crippen molar-refractivity contribution in [3.8, 4) is 5.75 Å². The molecule has 0 unspecified atom stereocenters. The molecular formula is C22H23NO. The van der Waals surface area contributed by atoms with Crippen LogP contribution in [0.2, 0.25) is 0 Å². The van der Waals surface area contributed by atoms with Crippen molar-refractivity contribution in [3.05, 3.63) is 71.8 Å². The number of nitrogens with zero attached hydrogens (tertiary/aromatic N) is 1. The molecule has 1 aliphatic heterocycles. The Labute approximate surface area is 143 Å². The number of rotatable bonds is 3. The SMILES string of the molecule is Oc1ccc2ccccc2c1Cc1ccccc1N1CCCCC1. The summed E-state index contributed by atoms with van der Waals surface area (Å²) in [6.45, 7) is 2.27. The summed E-state index contributed by atoms with van der Waals surface area (Å²) < 4.78 is 0. The van der Waals surface area contributed by atoms with Crippen molar-refractivity contribution in [2.75, 3.05) is 18.0 Å². The molecule has 1 saturated heterocycles. The molecule has 0 spiro atoms. The Morgan fingerprint density at radius 2 is 1.54 bits per heavy atom. The van der Waals surface area contributed by atoms with Crippen molar-refractivity contribution in [1.29, 1.82) is 0 Å². The lowest BCUT2D eigenvalue weighted by Crippen LogP contribution is -2.30. The first kappa shape index (κ1) is 15.1. The quantitative estimate of drug-likeness (QED) is 0.724. The molecule has 0 bridgehead atoms. The topological polar surface area (TPSA) is 23.5 Å². The maximum atomic E-state index is 10.5. The summed E-state index contributed by atoms with van der Waals surface area (Å²) in [4.78, 5) is 2.50. The number of anilines is 1. The average molecular weight is 317 g/mol. The highest BCUT2D eigenvalue weighted by atomic mass is 16.3. The first-order chi connectivity index (χ1) is 11.8. The van der Waals surface area contributed by atoms with Crippen LogP contribution < -0.4 is 4.90 Å². The molecule has 1 fully saturated rings. The molecule has 0 radical (unpaired) electrons. The molecule has 122 valence electrons. The van der Waals surface area contributed by atoms with E-state index in [9.17, 15) is 5.11 Å². The van der Waals surface area contributed by atoms with Crippen LogP contribution in [0.15, 0.2) is 60.7 Å². The summed E-state index contributed by atoms with van der Waals surface area (Å²) in [6.07, 6.45) is 4.64. The molecule has 1 N–H and O–H groups in total. The van der Waals surface area contributed by atoms with Crippen LogP contribution in [0.4, 0.5) is 5.69 Å². The second kappa shape index (κ2) is 6.56. The third kappa shape index (κ3) is 2.84. The molecule has 2 nitrogen and oxygen atoms in total. The van der Waals surface area contributed by atoms with Gasteiger partial charge in [0.15, 0.2) is 0 Å². The van der Waals surface area contributed by atoms with E-state index in [0.717, 1.165) is 30.5 Å². The number of phenolic OH excluding ortho intramolecular Hbond substituents is 1. The van der Waals surface area contributed by atoms with E-state index in [1.54, 1.807) is 0 Å². The fourth-order valence-corrected chi connectivity index (χ4v) is 3.80. The van der Waals surface area contributed by atoms with Crippen LogP contribution in [0.25, 0.3) is 10.8 Å². The van der Waals surface area contributed by atoms with Crippen LogP contribution in [0.1, 0.15) is 30.4 Å². The highest BCUT2D eigenvalue weighted by Crippen LogP contribution is 2.32. The smallest absolute Gasteiger partial charge is 0.119 e. The van der Waals surface area contributed by atoms with Gasteiger partial charge in [0.05, 0.1) is 0 Å². The Hall–Kier alpha value is -2.48. The maximum absolute atomic E-state index is 10.5. The molecular weight excluding hydrogens is 294 g/mol. The monoisotopic (exact) mass is 317 g/mol. The van der Waals surface area contributed by atoms with Crippen LogP contribution in [0.5, 0.6) is 5.75 Å². The van der Waals surface area contributed by atoms with Gasteiger partial charge in [-0.2, -0.15) is 0 Å². The maximum Gasteiger partial charge on any atom is 0.119 e. The van der Waals surface area contributed by atoms with E-state index in [2.05, 4.69) is 41.3 Å². The highest BCUT2D eigenvalue weighted by Gasteiger charge is 2.16. The number of aromatic hydroxyl groups is 1. The van der Waals surface area contributed by atoms with Gasteiger partial charge < -0.3 is 10.0 Å². The van der Waals surface area contributed by atoms with Gasteiger partial charge in [-0.25, -0.2) is 0 Å². The highest BCUT2D eigenvalue weighted by molar-refractivity contribution is 5.88. The molecule has 1 aliphatic rings. The van der Waals surface area contributed by atoms with E-state index in [1.165, 1.54) is 35.9 Å². The van der Waals surface area contributed by atoms with E-state index in [4.69, 9.17) is 0 Å². The van der Waals surface area contributed by atoms with Gasteiger partial charge in [-0.15, -0.1) is 0 Å². The number of para-hydroxylation sites is 1. The number of benzene rings is 3.